The molecule has 0 bridgehead atoms. The minimum Gasteiger partial charge on any atom is -0.366 e. The summed E-state index contributed by atoms with van der Waals surface area (Å²) in [6.07, 6.45) is -0.0669. The molecule has 104 valence electrons. The molecular weight excluding hydrogens is 302 g/mol. The number of benzene rings is 1. The van der Waals surface area contributed by atoms with Crippen molar-refractivity contribution in [1.82, 2.24) is 0 Å². The van der Waals surface area contributed by atoms with Gasteiger partial charge < -0.3 is 5.73 Å². The van der Waals surface area contributed by atoms with Crippen molar-refractivity contribution in [2.24, 2.45) is 5.73 Å². The molecular formula is C8H7NO8S2. The lowest BCUT2D eigenvalue weighted by atomic mass is 10.1. The van der Waals surface area contributed by atoms with Crippen LogP contribution in [0.15, 0.2) is 21.9 Å². The molecule has 0 unspecified atom stereocenters. The summed E-state index contributed by atoms with van der Waals surface area (Å²) in [7, 11) is -9.79. The summed E-state index contributed by atoms with van der Waals surface area (Å²) in [5.41, 5.74) is 3.21. The number of nitrogens with two attached hydrogens (primary N) is 1. The predicted octanol–water partition coefficient (Wildman–Crippen LogP) is -0.909. The van der Waals surface area contributed by atoms with Gasteiger partial charge in [0.25, 0.3) is 20.2 Å². The largest absolute Gasteiger partial charge is 0.366 e. The first kappa shape index (κ1) is 15.2. The number of primary amides is 1. The Hall–Kier alpha value is -1.82. The van der Waals surface area contributed by atoms with Crippen molar-refractivity contribution in [1.29, 1.82) is 0 Å². The highest BCUT2D eigenvalue weighted by atomic mass is 32.2. The van der Waals surface area contributed by atoms with Crippen molar-refractivity contribution >= 4 is 32.4 Å². The summed E-state index contributed by atoms with van der Waals surface area (Å²) in [5.74, 6) is -1.37. The monoisotopic (exact) mass is 309 g/mol. The summed E-state index contributed by atoms with van der Waals surface area (Å²) in [6.45, 7) is 0. The Labute approximate surface area is 107 Å². The van der Waals surface area contributed by atoms with Gasteiger partial charge in [-0.2, -0.15) is 16.8 Å². The number of amides is 1. The first-order chi connectivity index (χ1) is 8.48. The van der Waals surface area contributed by atoms with Crippen molar-refractivity contribution in [3.8, 4) is 0 Å². The van der Waals surface area contributed by atoms with Crippen LogP contribution >= 0.6 is 0 Å². The van der Waals surface area contributed by atoms with Gasteiger partial charge in [0.05, 0.1) is 5.56 Å². The molecule has 0 saturated carbocycles. The van der Waals surface area contributed by atoms with E-state index in [1.54, 1.807) is 0 Å². The zero-order valence-corrected chi connectivity index (χ0v) is 10.6. The molecule has 0 atom stereocenters. The Bertz CT molecular complexity index is 762. The molecule has 0 aromatic heterocycles. The van der Waals surface area contributed by atoms with Gasteiger partial charge in [0.1, 0.15) is 9.79 Å². The van der Waals surface area contributed by atoms with Gasteiger partial charge in [-0.15, -0.1) is 0 Å². The second-order valence-corrected chi connectivity index (χ2v) is 6.10. The van der Waals surface area contributed by atoms with E-state index in [0.717, 1.165) is 0 Å². The van der Waals surface area contributed by atoms with E-state index in [1.807, 2.05) is 0 Å². The van der Waals surface area contributed by atoms with Crippen molar-refractivity contribution in [2.45, 2.75) is 9.79 Å². The number of carbonyl (C=O) groups excluding carboxylic acids is 2. The Balaban J connectivity index is 3.92. The van der Waals surface area contributed by atoms with Crippen molar-refractivity contribution in [3.05, 3.63) is 23.3 Å². The molecule has 4 N–H and O–H groups in total. The topological polar surface area (TPSA) is 169 Å². The molecule has 0 spiro atoms. The molecule has 0 aliphatic carbocycles. The third-order valence-corrected chi connectivity index (χ3v) is 3.86. The van der Waals surface area contributed by atoms with Gasteiger partial charge in [-0.3, -0.25) is 18.7 Å². The average molecular weight is 309 g/mol. The van der Waals surface area contributed by atoms with Gasteiger partial charge >= 0.3 is 0 Å². The standard InChI is InChI=1S/C8H7NO8S2/c9-8(11)5-2-6(18(12,13)14)4(3-10)1-7(5)19(15,16)17/h1-3H,(H2,9,11)(H,12,13,14)(H,15,16,17). The molecule has 1 amide bonds. The molecule has 0 aliphatic rings. The molecule has 1 aromatic rings. The second kappa shape index (κ2) is 4.70. The molecule has 0 heterocycles. The van der Waals surface area contributed by atoms with Crippen molar-refractivity contribution in [2.75, 3.05) is 0 Å². The zero-order chi connectivity index (χ0) is 15.0. The third-order valence-electron chi connectivity index (χ3n) is 2.06. The molecule has 0 aliphatic heterocycles. The van der Waals surface area contributed by atoms with Crippen LogP contribution in [0.2, 0.25) is 0 Å². The van der Waals surface area contributed by atoms with Crippen LogP contribution in [0, 0.1) is 0 Å². The highest BCUT2D eigenvalue weighted by Gasteiger charge is 2.25. The summed E-state index contributed by atoms with van der Waals surface area (Å²) >= 11 is 0. The van der Waals surface area contributed by atoms with Crippen LogP contribution in [-0.4, -0.2) is 38.1 Å². The fourth-order valence-corrected chi connectivity index (χ4v) is 2.68. The molecule has 19 heavy (non-hydrogen) atoms. The van der Waals surface area contributed by atoms with Crippen molar-refractivity contribution < 1.29 is 35.5 Å². The third kappa shape index (κ3) is 3.14. The van der Waals surface area contributed by atoms with Crippen LogP contribution in [-0.2, 0) is 20.2 Å². The maximum atomic E-state index is 11.0. The Morgan fingerprint density at radius 1 is 1.05 bits per heavy atom. The van der Waals surface area contributed by atoms with Gasteiger partial charge in [0, 0.05) is 5.56 Å². The van der Waals surface area contributed by atoms with E-state index < -0.39 is 47.1 Å². The molecule has 9 nitrogen and oxygen atoms in total. The number of rotatable bonds is 4. The lowest BCUT2D eigenvalue weighted by molar-refractivity contribution is 0.0995. The quantitative estimate of drug-likeness (QED) is 0.474. The van der Waals surface area contributed by atoms with E-state index in [-0.39, 0.29) is 6.29 Å². The lowest BCUT2D eigenvalue weighted by Gasteiger charge is -2.08. The first-order valence-electron chi connectivity index (χ1n) is 4.36. The first-order valence-corrected chi connectivity index (χ1v) is 7.24. The Morgan fingerprint density at radius 2 is 1.53 bits per heavy atom. The minimum absolute atomic E-state index is 0.0669. The molecule has 1 aromatic carbocycles. The number of hydrogen-bond donors (Lipinski definition) is 3. The van der Waals surface area contributed by atoms with Crippen LogP contribution in [0.5, 0.6) is 0 Å². The van der Waals surface area contributed by atoms with E-state index in [9.17, 15) is 26.4 Å². The smallest absolute Gasteiger partial charge is 0.295 e. The molecule has 1 rings (SSSR count). The van der Waals surface area contributed by atoms with Gasteiger partial charge in [-0.25, -0.2) is 0 Å². The highest BCUT2D eigenvalue weighted by Crippen LogP contribution is 2.23. The molecule has 0 fully saturated rings. The number of hydrogen-bond acceptors (Lipinski definition) is 6. The molecule has 11 heteroatoms. The van der Waals surface area contributed by atoms with Gasteiger partial charge in [-0.1, -0.05) is 0 Å². The second-order valence-electron chi connectivity index (χ2n) is 3.32. The van der Waals surface area contributed by atoms with Crippen LogP contribution in [0.3, 0.4) is 0 Å². The summed E-state index contributed by atoms with van der Waals surface area (Å²) in [4.78, 5) is 19.7. The van der Waals surface area contributed by atoms with Gasteiger partial charge in [0.15, 0.2) is 6.29 Å². The fourth-order valence-electron chi connectivity index (χ4n) is 1.30. The van der Waals surface area contributed by atoms with E-state index in [2.05, 4.69) is 0 Å². The summed E-state index contributed by atoms with van der Waals surface area (Å²) in [5, 5.41) is 0. The Kier molecular flexibility index (Phi) is 3.77. The normalized spacial score (nSPS) is 12.1. The fraction of sp³-hybridized carbons (Fsp3) is 0. The van der Waals surface area contributed by atoms with Crippen molar-refractivity contribution in [3.63, 3.8) is 0 Å². The van der Waals surface area contributed by atoms with Crippen LogP contribution in [0.25, 0.3) is 0 Å². The summed E-state index contributed by atoms with van der Waals surface area (Å²) < 4.78 is 61.7. The Morgan fingerprint density at radius 3 is 1.84 bits per heavy atom. The average Bonchev–Trinajstić information content (AvgIpc) is 2.24. The minimum atomic E-state index is -4.91. The maximum absolute atomic E-state index is 11.0. The number of aldehydes is 1. The van der Waals surface area contributed by atoms with E-state index in [4.69, 9.17) is 14.8 Å². The number of carbonyl (C=O) groups is 2. The van der Waals surface area contributed by atoms with Gasteiger partial charge in [0.2, 0.25) is 5.91 Å². The zero-order valence-electron chi connectivity index (χ0n) is 8.97. The van der Waals surface area contributed by atoms with Crippen LogP contribution in [0.4, 0.5) is 0 Å². The van der Waals surface area contributed by atoms with Crippen LogP contribution < -0.4 is 5.73 Å². The summed E-state index contributed by atoms with van der Waals surface area (Å²) in [6, 6.07) is 0.816. The van der Waals surface area contributed by atoms with Crippen LogP contribution in [0.1, 0.15) is 20.7 Å². The maximum Gasteiger partial charge on any atom is 0.295 e. The van der Waals surface area contributed by atoms with E-state index in [0.29, 0.717) is 12.1 Å². The predicted molar refractivity (Wildman–Crippen MR) is 60.0 cm³/mol. The van der Waals surface area contributed by atoms with E-state index >= 15 is 0 Å². The molecule has 0 radical (unpaired) electrons. The SMILES string of the molecule is NC(=O)c1cc(S(=O)(=O)O)c(C=O)cc1S(=O)(=O)O. The highest BCUT2D eigenvalue weighted by molar-refractivity contribution is 7.86. The lowest BCUT2D eigenvalue weighted by Crippen LogP contribution is -2.18. The molecule has 0 saturated heterocycles. The van der Waals surface area contributed by atoms with E-state index in [1.165, 1.54) is 0 Å². The van der Waals surface area contributed by atoms with Gasteiger partial charge in [-0.05, 0) is 12.1 Å².